The third-order valence-electron chi connectivity index (χ3n) is 5.53. The second-order valence-electron chi connectivity index (χ2n) is 9.20. The van der Waals surface area contributed by atoms with Crippen molar-refractivity contribution >= 4 is 23.5 Å². The molecule has 11 heteroatoms. The van der Waals surface area contributed by atoms with E-state index in [-0.39, 0.29) is 30.7 Å². The van der Waals surface area contributed by atoms with E-state index < -0.39 is 18.1 Å². The second-order valence-corrected chi connectivity index (χ2v) is 9.20. The molecule has 0 spiro atoms. The average molecular weight is 457 g/mol. The predicted molar refractivity (Wildman–Crippen MR) is 118 cm³/mol. The molecule has 0 saturated carbocycles. The van der Waals surface area contributed by atoms with Crippen LogP contribution in [0.1, 0.15) is 44.7 Å². The molecule has 3 heterocycles. The molecule has 2 aliphatic heterocycles. The van der Waals surface area contributed by atoms with Gasteiger partial charge in [-0.15, -0.1) is 0 Å². The Hall–Kier alpha value is -3.60. The second kappa shape index (κ2) is 8.74. The van der Waals surface area contributed by atoms with E-state index in [1.807, 2.05) is 20.8 Å². The van der Waals surface area contributed by atoms with Gasteiger partial charge in [0.2, 0.25) is 12.7 Å². The molecule has 0 aliphatic carbocycles. The van der Waals surface area contributed by atoms with E-state index >= 15 is 0 Å². The van der Waals surface area contributed by atoms with Gasteiger partial charge in [0.15, 0.2) is 17.8 Å². The number of hydrogen-bond donors (Lipinski definition) is 4. The Bertz CT molecular complexity index is 1090. The van der Waals surface area contributed by atoms with Crippen LogP contribution >= 0.6 is 0 Å². The van der Waals surface area contributed by atoms with Gasteiger partial charge >= 0.3 is 11.8 Å². The van der Waals surface area contributed by atoms with E-state index in [0.717, 1.165) is 5.56 Å². The van der Waals surface area contributed by atoms with Gasteiger partial charge in [-0.1, -0.05) is 26.8 Å². The van der Waals surface area contributed by atoms with Crippen molar-refractivity contribution in [2.75, 3.05) is 12.1 Å². The van der Waals surface area contributed by atoms with Crippen molar-refractivity contribution < 1.29 is 23.9 Å². The molecule has 4 N–H and O–H groups in total. The minimum atomic E-state index is -0.841. The first-order valence-corrected chi connectivity index (χ1v) is 10.7. The fourth-order valence-corrected chi connectivity index (χ4v) is 3.67. The summed E-state index contributed by atoms with van der Waals surface area (Å²) in [6.45, 7) is 8.20. The highest BCUT2D eigenvalue weighted by molar-refractivity contribution is 6.39. The molecule has 4 rings (SSSR count). The Balaban J connectivity index is 1.41. The average Bonchev–Trinajstić information content (AvgIpc) is 3.36. The molecular weight excluding hydrogens is 428 g/mol. The smallest absolute Gasteiger partial charge is 0.314 e. The Morgan fingerprint density at radius 2 is 1.94 bits per heavy atom. The van der Waals surface area contributed by atoms with Crippen molar-refractivity contribution in [2.24, 2.45) is 5.41 Å². The minimum Gasteiger partial charge on any atom is -0.454 e. The maximum Gasteiger partial charge on any atom is 0.314 e. The largest absolute Gasteiger partial charge is 0.454 e. The third-order valence-corrected chi connectivity index (χ3v) is 5.53. The van der Waals surface area contributed by atoms with Crippen molar-refractivity contribution in [1.82, 2.24) is 25.7 Å². The number of fused-ring (bicyclic) bond motifs is 1. The summed E-state index contributed by atoms with van der Waals surface area (Å²) in [5, 5.41) is 15.8. The summed E-state index contributed by atoms with van der Waals surface area (Å²) in [4.78, 5) is 37.2. The predicted octanol–water partition coefficient (Wildman–Crippen LogP) is 1.16. The molecule has 2 atom stereocenters. The molecule has 1 saturated heterocycles. The van der Waals surface area contributed by atoms with Crippen LogP contribution in [-0.4, -0.2) is 40.3 Å². The molecule has 3 amide bonds. The Kier molecular flexibility index (Phi) is 5.98. The van der Waals surface area contributed by atoms with Crippen LogP contribution in [-0.2, 0) is 20.9 Å². The molecule has 176 valence electrons. The standard InChI is InChI=1S/C22H28N6O5/c1-12-7-17(28(27-12)21-24-16(22(2,3)4)9-18(29)26-21)25-20(31)19(30)23-10-13-5-6-14-15(8-13)33-11-32-14/h5-8,16,21,24H,9-11H2,1-4H3,(H,23,30)(H,25,31)(H,26,29). The van der Waals surface area contributed by atoms with Crippen LogP contribution in [0.4, 0.5) is 5.82 Å². The zero-order chi connectivity index (χ0) is 23.8. The molecule has 0 radical (unpaired) electrons. The number of ether oxygens (including phenoxy) is 2. The molecule has 0 bridgehead atoms. The number of aryl methyl sites for hydroxylation is 1. The van der Waals surface area contributed by atoms with E-state index in [2.05, 4.69) is 26.4 Å². The Labute approximate surface area is 191 Å². The number of nitrogens with one attached hydrogen (secondary N) is 4. The van der Waals surface area contributed by atoms with Gasteiger partial charge < -0.3 is 25.4 Å². The lowest BCUT2D eigenvalue weighted by Crippen LogP contribution is -2.57. The van der Waals surface area contributed by atoms with Gasteiger partial charge in [-0.3, -0.25) is 19.7 Å². The lowest BCUT2D eigenvalue weighted by molar-refractivity contribution is -0.136. The molecule has 11 nitrogen and oxygen atoms in total. The molecule has 2 aliphatic rings. The zero-order valence-corrected chi connectivity index (χ0v) is 19.0. The van der Waals surface area contributed by atoms with Crippen LogP contribution in [0.3, 0.4) is 0 Å². The first kappa shape index (κ1) is 22.6. The summed E-state index contributed by atoms with van der Waals surface area (Å²) < 4.78 is 12.1. The van der Waals surface area contributed by atoms with Crippen LogP contribution in [0.2, 0.25) is 0 Å². The van der Waals surface area contributed by atoms with Crippen LogP contribution in [0.25, 0.3) is 0 Å². The summed E-state index contributed by atoms with van der Waals surface area (Å²) in [6.07, 6.45) is -0.319. The molecule has 1 fully saturated rings. The van der Waals surface area contributed by atoms with Crippen LogP contribution in [0.5, 0.6) is 11.5 Å². The summed E-state index contributed by atoms with van der Waals surface area (Å²) in [5.74, 6) is -0.226. The van der Waals surface area contributed by atoms with Gasteiger partial charge in [0, 0.05) is 25.1 Å². The molecule has 33 heavy (non-hydrogen) atoms. The van der Waals surface area contributed by atoms with Crippen molar-refractivity contribution in [3.8, 4) is 11.5 Å². The zero-order valence-electron chi connectivity index (χ0n) is 19.0. The first-order valence-electron chi connectivity index (χ1n) is 10.7. The fraction of sp³-hybridized carbons (Fsp3) is 0.455. The van der Waals surface area contributed by atoms with E-state index in [1.165, 1.54) is 4.68 Å². The number of benzene rings is 1. The highest BCUT2D eigenvalue weighted by Crippen LogP contribution is 2.32. The van der Waals surface area contributed by atoms with Crippen LogP contribution < -0.4 is 30.7 Å². The van der Waals surface area contributed by atoms with Gasteiger partial charge in [0.25, 0.3) is 0 Å². The molecule has 1 aromatic heterocycles. The lowest BCUT2D eigenvalue weighted by atomic mass is 9.84. The molecule has 2 aromatic rings. The summed E-state index contributed by atoms with van der Waals surface area (Å²) >= 11 is 0. The fourth-order valence-electron chi connectivity index (χ4n) is 3.67. The number of anilines is 1. The van der Waals surface area contributed by atoms with Gasteiger partial charge in [0.05, 0.1) is 5.69 Å². The lowest BCUT2D eigenvalue weighted by Gasteiger charge is -2.39. The highest BCUT2D eigenvalue weighted by Gasteiger charge is 2.35. The van der Waals surface area contributed by atoms with Gasteiger partial charge in [-0.2, -0.15) is 5.10 Å². The van der Waals surface area contributed by atoms with E-state index in [1.54, 1.807) is 31.2 Å². The monoisotopic (exact) mass is 456 g/mol. The van der Waals surface area contributed by atoms with E-state index in [9.17, 15) is 14.4 Å². The number of aromatic nitrogens is 2. The topological polar surface area (TPSA) is 136 Å². The number of amides is 3. The van der Waals surface area contributed by atoms with Crippen molar-refractivity contribution in [3.05, 3.63) is 35.5 Å². The molecular formula is C22H28N6O5. The Morgan fingerprint density at radius 3 is 2.70 bits per heavy atom. The van der Waals surface area contributed by atoms with Crippen molar-refractivity contribution in [1.29, 1.82) is 0 Å². The maximum atomic E-state index is 12.5. The molecule has 1 aromatic carbocycles. The number of rotatable bonds is 4. The van der Waals surface area contributed by atoms with E-state index in [0.29, 0.717) is 29.4 Å². The minimum absolute atomic E-state index is 0.0886. The van der Waals surface area contributed by atoms with E-state index in [4.69, 9.17) is 9.47 Å². The summed E-state index contributed by atoms with van der Waals surface area (Å²) in [6, 6.07) is 6.84. The summed E-state index contributed by atoms with van der Waals surface area (Å²) in [5.41, 5.74) is 1.24. The number of hydrogen-bond acceptors (Lipinski definition) is 7. The van der Waals surface area contributed by atoms with Gasteiger partial charge in [-0.25, -0.2) is 4.68 Å². The first-order chi connectivity index (χ1) is 15.6. The number of nitrogens with zero attached hydrogens (tertiary/aromatic N) is 2. The number of carbonyl (C=O) groups is 3. The van der Waals surface area contributed by atoms with Gasteiger partial charge in [0.1, 0.15) is 5.82 Å². The summed E-state index contributed by atoms with van der Waals surface area (Å²) in [7, 11) is 0. The van der Waals surface area contributed by atoms with Crippen molar-refractivity contribution in [2.45, 2.75) is 53.0 Å². The van der Waals surface area contributed by atoms with Crippen LogP contribution in [0.15, 0.2) is 24.3 Å². The van der Waals surface area contributed by atoms with Gasteiger partial charge in [-0.05, 0) is 30.0 Å². The SMILES string of the molecule is Cc1cc(NC(=O)C(=O)NCc2ccc3c(c2)OCO3)n(C2NC(=O)CC(C(C)(C)C)N2)n1. The maximum absolute atomic E-state index is 12.5. The normalized spacial score (nSPS) is 19.7. The van der Waals surface area contributed by atoms with Crippen LogP contribution in [0, 0.1) is 12.3 Å². The quantitative estimate of drug-likeness (QED) is 0.507. The van der Waals surface area contributed by atoms with Crippen molar-refractivity contribution in [3.63, 3.8) is 0 Å². The highest BCUT2D eigenvalue weighted by atomic mass is 16.7. The third kappa shape index (κ3) is 5.08. The number of carbonyl (C=O) groups excluding carboxylic acids is 3. The Morgan fingerprint density at radius 1 is 1.18 bits per heavy atom. The molecule has 2 unspecified atom stereocenters.